The van der Waals surface area contributed by atoms with E-state index in [1.807, 2.05) is 25.1 Å². The number of nitrogens with two attached hydrogens (primary N) is 1. The predicted octanol–water partition coefficient (Wildman–Crippen LogP) is 3.48. The van der Waals surface area contributed by atoms with Crippen molar-refractivity contribution in [1.82, 2.24) is 4.98 Å². The van der Waals surface area contributed by atoms with Gasteiger partial charge in [0.25, 0.3) is 0 Å². The maximum atomic E-state index is 7.44. The lowest BCUT2D eigenvalue weighted by Gasteiger charge is -2.07. The molecule has 0 aliphatic rings. The smallest absolute Gasteiger partial charge is 0.124 e. The number of nitrogens with zero attached hydrogens (tertiary/aromatic N) is 1. The van der Waals surface area contributed by atoms with Crippen LogP contribution in [0.3, 0.4) is 0 Å². The first-order chi connectivity index (χ1) is 8.58. The van der Waals surface area contributed by atoms with Crippen LogP contribution in [0.1, 0.15) is 11.1 Å². The minimum absolute atomic E-state index is 0.0477. The zero-order valence-electron chi connectivity index (χ0n) is 9.77. The summed E-state index contributed by atoms with van der Waals surface area (Å²) in [5.74, 6) is -0.0477. The third kappa shape index (κ3) is 2.83. The first-order valence-electron chi connectivity index (χ1n) is 5.31. The van der Waals surface area contributed by atoms with E-state index >= 15 is 0 Å². The van der Waals surface area contributed by atoms with E-state index in [1.54, 1.807) is 12.3 Å². The number of nitrogen functional groups attached to an aromatic ring is 1. The number of aromatic nitrogens is 1. The minimum atomic E-state index is -0.0477. The van der Waals surface area contributed by atoms with Crippen LogP contribution in [-0.4, -0.2) is 10.8 Å². The zero-order chi connectivity index (χ0) is 13.1. The highest BCUT2D eigenvalue weighted by atomic mass is 35.5. The van der Waals surface area contributed by atoms with Crippen molar-refractivity contribution in [2.75, 3.05) is 0 Å². The first-order valence-corrected chi connectivity index (χ1v) is 6.51. The molecule has 92 valence electrons. The van der Waals surface area contributed by atoms with Gasteiger partial charge in [0.1, 0.15) is 10.9 Å². The highest BCUT2D eigenvalue weighted by molar-refractivity contribution is 7.99. The van der Waals surface area contributed by atoms with Crippen LogP contribution in [0.2, 0.25) is 5.02 Å². The highest BCUT2D eigenvalue weighted by Gasteiger charge is 2.10. The highest BCUT2D eigenvalue weighted by Crippen LogP contribution is 2.33. The van der Waals surface area contributed by atoms with E-state index < -0.39 is 0 Å². The topological polar surface area (TPSA) is 62.8 Å². The Hall–Kier alpha value is -1.52. The van der Waals surface area contributed by atoms with E-state index in [0.29, 0.717) is 15.6 Å². The second-order valence-corrected chi connectivity index (χ2v) is 5.25. The molecule has 0 atom stereocenters. The molecular formula is C13H12ClN3S. The van der Waals surface area contributed by atoms with E-state index in [9.17, 15) is 0 Å². The van der Waals surface area contributed by atoms with E-state index in [0.717, 1.165) is 4.90 Å². The van der Waals surface area contributed by atoms with Crippen molar-refractivity contribution in [3.05, 3.63) is 52.7 Å². The molecule has 0 aliphatic heterocycles. The summed E-state index contributed by atoms with van der Waals surface area (Å²) in [6.07, 6.45) is 1.61. The molecule has 5 heteroatoms. The monoisotopic (exact) mass is 277 g/mol. The van der Waals surface area contributed by atoms with Crippen LogP contribution < -0.4 is 5.73 Å². The Balaban J connectivity index is 2.35. The molecule has 0 radical (unpaired) electrons. The van der Waals surface area contributed by atoms with Crippen LogP contribution in [0.4, 0.5) is 0 Å². The van der Waals surface area contributed by atoms with Crippen molar-refractivity contribution < 1.29 is 0 Å². The number of rotatable bonds is 3. The van der Waals surface area contributed by atoms with Crippen LogP contribution >= 0.6 is 23.4 Å². The van der Waals surface area contributed by atoms with Gasteiger partial charge in [-0.05, 0) is 25.1 Å². The van der Waals surface area contributed by atoms with Gasteiger partial charge in [0.2, 0.25) is 0 Å². The molecule has 3 nitrogen and oxygen atoms in total. The number of amidine groups is 1. The zero-order valence-corrected chi connectivity index (χ0v) is 11.3. The summed E-state index contributed by atoms with van der Waals surface area (Å²) in [6.45, 7) is 2.03. The maximum Gasteiger partial charge on any atom is 0.124 e. The molecule has 1 aromatic carbocycles. The van der Waals surface area contributed by atoms with Gasteiger partial charge in [-0.2, -0.15) is 0 Å². The second-order valence-electron chi connectivity index (χ2n) is 3.81. The van der Waals surface area contributed by atoms with Gasteiger partial charge in [-0.25, -0.2) is 4.98 Å². The van der Waals surface area contributed by atoms with Gasteiger partial charge in [-0.15, -0.1) is 0 Å². The van der Waals surface area contributed by atoms with Crippen LogP contribution in [0.5, 0.6) is 0 Å². The molecule has 0 aliphatic carbocycles. The fourth-order valence-corrected chi connectivity index (χ4v) is 2.75. The second kappa shape index (κ2) is 5.42. The number of halogens is 1. The van der Waals surface area contributed by atoms with E-state index in [1.165, 1.54) is 17.3 Å². The molecule has 0 spiro atoms. The number of pyridine rings is 1. The van der Waals surface area contributed by atoms with Gasteiger partial charge < -0.3 is 5.73 Å². The molecule has 18 heavy (non-hydrogen) atoms. The van der Waals surface area contributed by atoms with Crippen molar-refractivity contribution in [1.29, 1.82) is 5.41 Å². The average Bonchev–Trinajstić information content (AvgIpc) is 2.31. The SMILES string of the molecule is Cc1cccc(Sc2nccc(C(=N)N)c2Cl)c1. The van der Waals surface area contributed by atoms with Crippen LogP contribution in [0, 0.1) is 12.3 Å². The minimum Gasteiger partial charge on any atom is -0.384 e. The van der Waals surface area contributed by atoms with E-state index in [2.05, 4.69) is 11.1 Å². The Kier molecular flexibility index (Phi) is 3.89. The van der Waals surface area contributed by atoms with Crippen molar-refractivity contribution >= 4 is 29.2 Å². The molecule has 0 fully saturated rings. The van der Waals surface area contributed by atoms with Crippen LogP contribution in [-0.2, 0) is 0 Å². The van der Waals surface area contributed by atoms with Gasteiger partial charge in [0, 0.05) is 16.7 Å². The summed E-state index contributed by atoms with van der Waals surface area (Å²) >= 11 is 7.65. The number of aryl methyl sites for hydroxylation is 1. The lowest BCUT2D eigenvalue weighted by atomic mass is 10.2. The first kappa shape index (κ1) is 12.9. The van der Waals surface area contributed by atoms with Gasteiger partial charge in [0.15, 0.2) is 0 Å². The molecular weight excluding hydrogens is 266 g/mol. The lowest BCUT2D eigenvalue weighted by Crippen LogP contribution is -2.12. The van der Waals surface area contributed by atoms with Crippen molar-refractivity contribution in [2.24, 2.45) is 5.73 Å². The molecule has 0 saturated heterocycles. The molecule has 1 heterocycles. The molecule has 0 unspecified atom stereocenters. The Labute approximate surface area is 115 Å². The Morgan fingerprint density at radius 3 is 2.83 bits per heavy atom. The van der Waals surface area contributed by atoms with Crippen molar-refractivity contribution in [3.63, 3.8) is 0 Å². The lowest BCUT2D eigenvalue weighted by molar-refractivity contribution is 1.12. The summed E-state index contributed by atoms with van der Waals surface area (Å²) in [4.78, 5) is 5.29. The summed E-state index contributed by atoms with van der Waals surface area (Å²) in [5, 5.41) is 8.53. The van der Waals surface area contributed by atoms with Crippen LogP contribution in [0.15, 0.2) is 46.5 Å². The van der Waals surface area contributed by atoms with Gasteiger partial charge >= 0.3 is 0 Å². The molecule has 3 N–H and O–H groups in total. The van der Waals surface area contributed by atoms with E-state index in [-0.39, 0.29) is 5.84 Å². The predicted molar refractivity (Wildman–Crippen MR) is 75.6 cm³/mol. The average molecular weight is 278 g/mol. The maximum absolute atomic E-state index is 7.44. The quantitative estimate of drug-likeness (QED) is 0.667. The standard InChI is InChI=1S/C13H12ClN3S/c1-8-3-2-4-9(7-8)18-13-11(14)10(12(15)16)5-6-17-13/h2-7H,1H3,(H3,15,16). The van der Waals surface area contributed by atoms with Gasteiger partial charge in [0.05, 0.1) is 5.02 Å². The number of hydrogen-bond donors (Lipinski definition) is 2. The molecule has 2 rings (SSSR count). The summed E-state index contributed by atoms with van der Waals surface area (Å²) in [7, 11) is 0. The van der Waals surface area contributed by atoms with E-state index in [4.69, 9.17) is 22.7 Å². The summed E-state index contributed by atoms with van der Waals surface area (Å²) in [5.41, 5.74) is 7.16. The molecule has 0 saturated carbocycles. The normalized spacial score (nSPS) is 10.3. The van der Waals surface area contributed by atoms with Gasteiger partial charge in [-0.1, -0.05) is 41.1 Å². The molecule has 0 bridgehead atoms. The summed E-state index contributed by atoms with van der Waals surface area (Å²) < 4.78 is 0. The molecule has 2 aromatic rings. The number of benzene rings is 1. The Morgan fingerprint density at radius 1 is 1.39 bits per heavy atom. The fraction of sp³-hybridized carbons (Fsp3) is 0.0769. The van der Waals surface area contributed by atoms with Crippen molar-refractivity contribution in [3.8, 4) is 0 Å². The largest absolute Gasteiger partial charge is 0.384 e. The molecule has 1 aromatic heterocycles. The van der Waals surface area contributed by atoms with Crippen molar-refractivity contribution in [2.45, 2.75) is 16.8 Å². The Morgan fingerprint density at radius 2 is 2.17 bits per heavy atom. The fourth-order valence-electron chi connectivity index (χ4n) is 1.49. The third-order valence-corrected chi connectivity index (χ3v) is 3.84. The van der Waals surface area contributed by atoms with Crippen LogP contribution in [0.25, 0.3) is 0 Å². The third-order valence-electron chi connectivity index (χ3n) is 2.35. The molecule has 0 amide bonds. The number of nitrogens with one attached hydrogen (secondary N) is 1. The number of hydrogen-bond acceptors (Lipinski definition) is 3. The summed E-state index contributed by atoms with van der Waals surface area (Å²) in [6, 6.07) is 9.72. The van der Waals surface area contributed by atoms with Gasteiger partial charge in [-0.3, -0.25) is 5.41 Å². The Bertz CT molecular complexity index is 599.